The summed E-state index contributed by atoms with van der Waals surface area (Å²) in [5.74, 6) is -0.109. The van der Waals surface area contributed by atoms with Crippen LogP contribution in [0.3, 0.4) is 0 Å². The monoisotopic (exact) mass is 460 g/mol. The first-order chi connectivity index (χ1) is 16.1. The highest BCUT2D eigenvalue weighted by Gasteiger charge is 2.19. The highest BCUT2D eigenvalue weighted by Crippen LogP contribution is 2.21. The van der Waals surface area contributed by atoms with E-state index in [9.17, 15) is 9.59 Å². The molecule has 0 saturated heterocycles. The zero-order valence-electron chi connectivity index (χ0n) is 18.2. The fourth-order valence-electron chi connectivity index (χ4n) is 3.78. The number of carbonyl (C=O) groups is 1. The molecule has 0 unspecified atom stereocenters. The maximum absolute atomic E-state index is 13.3. The van der Waals surface area contributed by atoms with Crippen LogP contribution >= 0.6 is 11.6 Å². The quantitative estimate of drug-likeness (QED) is 0.429. The minimum absolute atomic E-state index is 0.109. The molecule has 0 fully saturated rings. The number of aromatic nitrogens is 2. The Bertz CT molecular complexity index is 1310. The van der Waals surface area contributed by atoms with E-state index in [0.29, 0.717) is 53.1 Å². The van der Waals surface area contributed by atoms with Gasteiger partial charge in [0, 0.05) is 22.5 Å². The SMILES string of the molecule is NCCCN(Cc1nn(Cc2ccccc2)c(=O)c2ccc(Cl)cc12)C(=O)c1ccccc1. The van der Waals surface area contributed by atoms with E-state index in [2.05, 4.69) is 5.10 Å². The van der Waals surface area contributed by atoms with Crippen LogP contribution in [0.5, 0.6) is 0 Å². The summed E-state index contributed by atoms with van der Waals surface area (Å²) in [5, 5.41) is 6.36. The second-order valence-electron chi connectivity index (χ2n) is 7.82. The number of hydrogen-bond acceptors (Lipinski definition) is 4. The minimum Gasteiger partial charge on any atom is -0.333 e. The number of amides is 1. The van der Waals surface area contributed by atoms with Crippen LogP contribution in [0.2, 0.25) is 5.02 Å². The van der Waals surface area contributed by atoms with Crippen LogP contribution in [0, 0.1) is 0 Å². The molecule has 0 aliphatic carbocycles. The average molecular weight is 461 g/mol. The zero-order valence-corrected chi connectivity index (χ0v) is 18.9. The maximum atomic E-state index is 13.3. The lowest BCUT2D eigenvalue weighted by Crippen LogP contribution is -2.34. The van der Waals surface area contributed by atoms with Crippen molar-refractivity contribution in [2.75, 3.05) is 13.1 Å². The van der Waals surface area contributed by atoms with E-state index in [-0.39, 0.29) is 18.0 Å². The van der Waals surface area contributed by atoms with Gasteiger partial charge in [-0.15, -0.1) is 0 Å². The standard InChI is InChI=1S/C26H25ClN4O2/c27-21-12-13-22-23(16-21)24(29-31(26(22)33)17-19-8-3-1-4-9-19)18-30(15-7-14-28)25(32)20-10-5-2-6-11-20/h1-6,8-13,16H,7,14-15,17-18,28H2. The maximum Gasteiger partial charge on any atom is 0.274 e. The predicted octanol–water partition coefficient (Wildman–Crippen LogP) is 4.09. The molecule has 0 radical (unpaired) electrons. The summed E-state index contributed by atoms with van der Waals surface area (Å²) < 4.78 is 1.45. The molecule has 1 aromatic heterocycles. The Morgan fingerprint density at radius 1 is 0.970 bits per heavy atom. The molecule has 1 amide bonds. The summed E-state index contributed by atoms with van der Waals surface area (Å²) in [6, 6.07) is 24.0. The van der Waals surface area contributed by atoms with Gasteiger partial charge in [0.1, 0.15) is 0 Å². The van der Waals surface area contributed by atoms with Crippen LogP contribution in [0.15, 0.2) is 83.7 Å². The molecular formula is C26H25ClN4O2. The van der Waals surface area contributed by atoms with Gasteiger partial charge in [0.2, 0.25) is 0 Å². The summed E-state index contributed by atoms with van der Waals surface area (Å²) >= 11 is 6.26. The highest BCUT2D eigenvalue weighted by atomic mass is 35.5. The van der Waals surface area contributed by atoms with E-state index in [1.54, 1.807) is 35.2 Å². The summed E-state index contributed by atoms with van der Waals surface area (Å²) in [5.41, 5.74) is 7.71. The van der Waals surface area contributed by atoms with Gasteiger partial charge >= 0.3 is 0 Å². The molecule has 0 atom stereocenters. The van der Waals surface area contributed by atoms with Gasteiger partial charge in [0.15, 0.2) is 0 Å². The van der Waals surface area contributed by atoms with Crippen molar-refractivity contribution >= 4 is 28.3 Å². The normalized spacial score (nSPS) is 11.0. The fraction of sp³-hybridized carbons (Fsp3) is 0.192. The Kier molecular flexibility index (Phi) is 7.17. The van der Waals surface area contributed by atoms with Crippen molar-refractivity contribution < 1.29 is 4.79 Å². The summed E-state index contributed by atoms with van der Waals surface area (Å²) in [6.45, 7) is 1.51. The predicted molar refractivity (Wildman–Crippen MR) is 131 cm³/mol. The average Bonchev–Trinajstić information content (AvgIpc) is 2.85. The summed E-state index contributed by atoms with van der Waals surface area (Å²) in [6.07, 6.45) is 0.654. The Morgan fingerprint density at radius 3 is 2.36 bits per heavy atom. The van der Waals surface area contributed by atoms with Crippen molar-refractivity contribution in [1.29, 1.82) is 0 Å². The second-order valence-corrected chi connectivity index (χ2v) is 8.26. The largest absolute Gasteiger partial charge is 0.333 e. The number of nitrogens with two attached hydrogens (primary N) is 1. The van der Waals surface area contributed by atoms with Crippen LogP contribution in [0.4, 0.5) is 0 Å². The summed E-state index contributed by atoms with van der Waals surface area (Å²) in [4.78, 5) is 28.2. The Labute approximate surface area is 197 Å². The third-order valence-electron chi connectivity index (χ3n) is 5.45. The third kappa shape index (κ3) is 5.30. The molecule has 0 aliphatic heterocycles. The van der Waals surface area contributed by atoms with Crippen molar-refractivity contribution in [2.45, 2.75) is 19.5 Å². The molecule has 33 heavy (non-hydrogen) atoms. The molecule has 2 N–H and O–H groups in total. The number of rotatable bonds is 8. The molecule has 3 aromatic carbocycles. The van der Waals surface area contributed by atoms with Gasteiger partial charge in [-0.3, -0.25) is 9.59 Å². The molecule has 4 aromatic rings. The van der Waals surface area contributed by atoms with Gasteiger partial charge < -0.3 is 10.6 Å². The van der Waals surface area contributed by atoms with E-state index in [1.165, 1.54) is 4.68 Å². The smallest absolute Gasteiger partial charge is 0.274 e. The molecule has 4 rings (SSSR count). The topological polar surface area (TPSA) is 81.2 Å². The van der Waals surface area contributed by atoms with E-state index in [1.807, 2.05) is 48.5 Å². The van der Waals surface area contributed by atoms with Crippen LogP contribution in [-0.2, 0) is 13.1 Å². The number of hydrogen-bond donors (Lipinski definition) is 1. The van der Waals surface area contributed by atoms with Gasteiger partial charge in [0.25, 0.3) is 11.5 Å². The van der Waals surface area contributed by atoms with E-state index in [0.717, 1.165) is 5.56 Å². The molecule has 0 spiro atoms. The first kappa shape index (κ1) is 22.7. The molecule has 6 nitrogen and oxygen atoms in total. The van der Waals surface area contributed by atoms with Crippen LogP contribution in [-0.4, -0.2) is 33.7 Å². The van der Waals surface area contributed by atoms with Gasteiger partial charge in [-0.25, -0.2) is 4.68 Å². The molecular weight excluding hydrogens is 436 g/mol. The lowest BCUT2D eigenvalue weighted by atomic mass is 10.1. The third-order valence-corrected chi connectivity index (χ3v) is 5.69. The highest BCUT2D eigenvalue weighted by molar-refractivity contribution is 6.31. The molecule has 0 bridgehead atoms. The first-order valence-electron chi connectivity index (χ1n) is 10.8. The van der Waals surface area contributed by atoms with Crippen molar-refractivity contribution in [3.8, 4) is 0 Å². The second kappa shape index (κ2) is 10.4. The number of carbonyl (C=O) groups excluding carboxylic acids is 1. The Hall–Kier alpha value is -3.48. The first-order valence-corrected chi connectivity index (χ1v) is 11.2. The van der Waals surface area contributed by atoms with Gasteiger partial charge in [-0.1, -0.05) is 60.1 Å². The van der Waals surface area contributed by atoms with Crippen molar-refractivity contribution in [2.24, 2.45) is 5.73 Å². The van der Waals surface area contributed by atoms with Gasteiger partial charge in [-0.2, -0.15) is 5.10 Å². The number of nitrogens with zero attached hydrogens (tertiary/aromatic N) is 3. The minimum atomic E-state index is -0.197. The fourth-order valence-corrected chi connectivity index (χ4v) is 3.96. The van der Waals surface area contributed by atoms with E-state index < -0.39 is 0 Å². The van der Waals surface area contributed by atoms with Gasteiger partial charge in [0.05, 0.1) is 24.2 Å². The number of halogens is 1. The van der Waals surface area contributed by atoms with Crippen LogP contribution in [0.1, 0.15) is 28.0 Å². The number of fused-ring (bicyclic) bond motifs is 1. The van der Waals surface area contributed by atoms with Gasteiger partial charge in [-0.05, 0) is 48.9 Å². The van der Waals surface area contributed by atoms with E-state index in [4.69, 9.17) is 17.3 Å². The van der Waals surface area contributed by atoms with Crippen molar-refractivity contribution in [1.82, 2.24) is 14.7 Å². The summed E-state index contributed by atoms with van der Waals surface area (Å²) in [7, 11) is 0. The molecule has 0 saturated carbocycles. The molecule has 168 valence electrons. The molecule has 7 heteroatoms. The van der Waals surface area contributed by atoms with Crippen LogP contribution in [0.25, 0.3) is 10.8 Å². The number of benzene rings is 3. The zero-order chi connectivity index (χ0) is 23.2. The Morgan fingerprint density at radius 2 is 1.67 bits per heavy atom. The van der Waals surface area contributed by atoms with Crippen molar-refractivity contribution in [3.05, 3.63) is 111 Å². The molecule has 0 aliphatic rings. The lowest BCUT2D eigenvalue weighted by molar-refractivity contribution is 0.0740. The molecule has 1 heterocycles. The van der Waals surface area contributed by atoms with E-state index >= 15 is 0 Å². The van der Waals surface area contributed by atoms with Crippen LogP contribution < -0.4 is 11.3 Å². The van der Waals surface area contributed by atoms with Crippen molar-refractivity contribution in [3.63, 3.8) is 0 Å². The Balaban J connectivity index is 1.78. The lowest BCUT2D eigenvalue weighted by Gasteiger charge is -2.23.